The van der Waals surface area contributed by atoms with Gasteiger partial charge in [-0.15, -0.1) is 0 Å². The van der Waals surface area contributed by atoms with Crippen LogP contribution in [0.25, 0.3) is 6.08 Å². The van der Waals surface area contributed by atoms with Crippen LogP contribution in [0.4, 0.5) is 14.5 Å². The fourth-order valence-electron chi connectivity index (χ4n) is 1.92. The zero-order valence-electron chi connectivity index (χ0n) is 13.4. The van der Waals surface area contributed by atoms with Gasteiger partial charge in [-0.3, -0.25) is 4.79 Å². The number of esters is 1. The molecule has 0 radical (unpaired) electrons. The van der Waals surface area contributed by atoms with E-state index in [1.165, 1.54) is 13.0 Å². The van der Waals surface area contributed by atoms with E-state index in [4.69, 9.17) is 27.9 Å². The SMILES string of the molecule is CC(OC(=O)/C=C/c1c(Cl)cccc1Cl)C(=O)Nc1cc(F)ccc1F. The molecule has 0 spiro atoms. The lowest BCUT2D eigenvalue weighted by Crippen LogP contribution is -2.29. The predicted molar refractivity (Wildman–Crippen MR) is 96.0 cm³/mol. The smallest absolute Gasteiger partial charge is 0.331 e. The largest absolute Gasteiger partial charge is 0.449 e. The third kappa shape index (κ3) is 5.28. The molecule has 136 valence electrons. The first-order chi connectivity index (χ1) is 12.3. The van der Waals surface area contributed by atoms with Gasteiger partial charge in [0.1, 0.15) is 11.6 Å². The van der Waals surface area contributed by atoms with Crippen molar-refractivity contribution in [3.05, 3.63) is 69.7 Å². The van der Waals surface area contributed by atoms with Gasteiger partial charge in [-0.2, -0.15) is 0 Å². The van der Waals surface area contributed by atoms with Gasteiger partial charge in [-0.05, 0) is 37.3 Å². The summed E-state index contributed by atoms with van der Waals surface area (Å²) < 4.78 is 31.5. The summed E-state index contributed by atoms with van der Waals surface area (Å²) in [7, 11) is 0. The van der Waals surface area contributed by atoms with Gasteiger partial charge in [0.25, 0.3) is 5.91 Å². The van der Waals surface area contributed by atoms with Crippen LogP contribution in [0.5, 0.6) is 0 Å². The lowest BCUT2D eigenvalue weighted by molar-refractivity contribution is -0.148. The maximum absolute atomic E-state index is 13.5. The van der Waals surface area contributed by atoms with Gasteiger partial charge >= 0.3 is 5.97 Å². The van der Waals surface area contributed by atoms with Crippen molar-refractivity contribution in [2.24, 2.45) is 0 Å². The summed E-state index contributed by atoms with van der Waals surface area (Å²) in [5, 5.41) is 2.83. The van der Waals surface area contributed by atoms with Crippen molar-refractivity contribution in [2.75, 3.05) is 5.32 Å². The standard InChI is InChI=1S/C18H13Cl2F2NO3/c1-10(18(25)23-16-9-11(21)5-7-15(16)22)26-17(24)8-6-12-13(19)3-2-4-14(12)20/h2-10H,1H3,(H,23,25)/b8-6+. The molecule has 4 nitrogen and oxygen atoms in total. The first-order valence-corrected chi connectivity index (χ1v) is 8.12. The molecule has 1 unspecified atom stereocenters. The summed E-state index contributed by atoms with van der Waals surface area (Å²) in [6.07, 6.45) is 1.17. The number of anilines is 1. The van der Waals surface area contributed by atoms with Crippen LogP contribution in [-0.2, 0) is 14.3 Å². The molecule has 1 atom stereocenters. The maximum atomic E-state index is 13.5. The number of rotatable bonds is 5. The zero-order chi connectivity index (χ0) is 19.3. The molecule has 0 saturated heterocycles. The van der Waals surface area contributed by atoms with Crippen molar-refractivity contribution in [3.8, 4) is 0 Å². The average molecular weight is 400 g/mol. The Hall–Kier alpha value is -2.44. The molecule has 1 amide bonds. The fourth-order valence-corrected chi connectivity index (χ4v) is 2.44. The van der Waals surface area contributed by atoms with E-state index in [1.54, 1.807) is 18.2 Å². The van der Waals surface area contributed by atoms with Gasteiger partial charge in [0.05, 0.1) is 5.69 Å². The molecule has 1 N–H and O–H groups in total. The second kappa shape index (κ2) is 8.78. The van der Waals surface area contributed by atoms with E-state index in [2.05, 4.69) is 5.32 Å². The molecular formula is C18H13Cl2F2NO3. The minimum atomic E-state index is -1.24. The Kier molecular flexibility index (Phi) is 6.71. The van der Waals surface area contributed by atoms with Crippen molar-refractivity contribution >= 4 is 46.8 Å². The number of nitrogens with one attached hydrogen (secondary N) is 1. The molecule has 26 heavy (non-hydrogen) atoms. The summed E-state index contributed by atoms with van der Waals surface area (Å²) in [6.45, 7) is 1.29. The summed E-state index contributed by atoms with van der Waals surface area (Å²) in [5.74, 6) is -3.17. The molecule has 0 aliphatic rings. The van der Waals surface area contributed by atoms with Crippen LogP contribution in [0.2, 0.25) is 10.0 Å². The predicted octanol–water partition coefficient (Wildman–Crippen LogP) is 4.86. The highest BCUT2D eigenvalue weighted by atomic mass is 35.5. The van der Waals surface area contributed by atoms with Crippen LogP contribution < -0.4 is 5.32 Å². The van der Waals surface area contributed by atoms with E-state index in [0.717, 1.165) is 24.3 Å². The number of carbonyl (C=O) groups excluding carboxylic acids is 2. The van der Waals surface area contributed by atoms with Crippen molar-refractivity contribution in [2.45, 2.75) is 13.0 Å². The maximum Gasteiger partial charge on any atom is 0.331 e. The van der Waals surface area contributed by atoms with E-state index >= 15 is 0 Å². The van der Waals surface area contributed by atoms with Crippen LogP contribution >= 0.6 is 23.2 Å². The quantitative estimate of drug-likeness (QED) is 0.577. The fraction of sp³-hybridized carbons (Fsp3) is 0.111. The number of benzene rings is 2. The van der Waals surface area contributed by atoms with Gasteiger partial charge in [-0.25, -0.2) is 13.6 Å². The molecule has 0 bridgehead atoms. The van der Waals surface area contributed by atoms with Crippen LogP contribution in [0, 0.1) is 11.6 Å². The number of ether oxygens (including phenoxy) is 1. The van der Waals surface area contributed by atoms with Crippen LogP contribution in [0.15, 0.2) is 42.5 Å². The molecule has 0 saturated carbocycles. The lowest BCUT2D eigenvalue weighted by atomic mass is 10.2. The summed E-state index contributed by atoms with van der Waals surface area (Å²) in [4.78, 5) is 23.8. The molecule has 0 aliphatic carbocycles. The Bertz CT molecular complexity index is 851. The minimum absolute atomic E-state index is 0.342. The Morgan fingerprint density at radius 2 is 1.81 bits per heavy atom. The minimum Gasteiger partial charge on any atom is -0.449 e. The molecule has 8 heteroatoms. The monoisotopic (exact) mass is 399 g/mol. The molecule has 0 aliphatic heterocycles. The number of carbonyl (C=O) groups is 2. The Morgan fingerprint density at radius 3 is 2.46 bits per heavy atom. The highest BCUT2D eigenvalue weighted by Crippen LogP contribution is 2.25. The third-order valence-corrected chi connectivity index (χ3v) is 3.89. The number of amides is 1. The lowest BCUT2D eigenvalue weighted by Gasteiger charge is -2.13. The van der Waals surface area contributed by atoms with Crippen LogP contribution in [-0.4, -0.2) is 18.0 Å². The molecule has 2 rings (SSSR count). The molecule has 0 aromatic heterocycles. The van der Waals surface area contributed by atoms with Crippen molar-refractivity contribution in [3.63, 3.8) is 0 Å². The second-order valence-electron chi connectivity index (χ2n) is 5.16. The van der Waals surface area contributed by atoms with Crippen molar-refractivity contribution in [1.82, 2.24) is 0 Å². The van der Waals surface area contributed by atoms with Gasteiger partial charge in [-0.1, -0.05) is 29.3 Å². The van der Waals surface area contributed by atoms with Crippen molar-refractivity contribution in [1.29, 1.82) is 0 Å². The first kappa shape index (κ1) is 19.9. The molecule has 2 aromatic carbocycles. The normalized spacial score (nSPS) is 12.0. The van der Waals surface area contributed by atoms with Crippen molar-refractivity contribution < 1.29 is 23.1 Å². The molecular weight excluding hydrogens is 387 g/mol. The van der Waals surface area contributed by atoms with Gasteiger partial charge in [0.15, 0.2) is 6.10 Å². The molecule has 2 aromatic rings. The summed E-state index contributed by atoms with van der Waals surface area (Å²) in [6, 6.07) is 7.46. The van der Waals surface area contributed by atoms with Gasteiger partial charge < -0.3 is 10.1 Å². The second-order valence-corrected chi connectivity index (χ2v) is 5.98. The summed E-state index contributed by atoms with van der Waals surface area (Å²) in [5.41, 5.74) is 0.0722. The van der Waals surface area contributed by atoms with E-state index in [-0.39, 0.29) is 5.69 Å². The topological polar surface area (TPSA) is 55.4 Å². The number of hydrogen-bond acceptors (Lipinski definition) is 3. The van der Waals surface area contributed by atoms with Gasteiger partial charge in [0, 0.05) is 27.8 Å². The highest BCUT2D eigenvalue weighted by molar-refractivity contribution is 6.37. The van der Waals surface area contributed by atoms with E-state index in [1.807, 2.05) is 0 Å². The van der Waals surface area contributed by atoms with E-state index in [0.29, 0.717) is 15.6 Å². The van der Waals surface area contributed by atoms with Gasteiger partial charge in [0.2, 0.25) is 0 Å². The third-order valence-electron chi connectivity index (χ3n) is 3.23. The Labute approximate surface area is 158 Å². The zero-order valence-corrected chi connectivity index (χ0v) is 14.9. The molecule has 0 fully saturated rings. The molecule has 0 heterocycles. The van der Waals surface area contributed by atoms with Crippen LogP contribution in [0.1, 0.15) is 12.5 Å². The van der Waals surface area contributed by atoms with E-state index < -0.39 is 29.6 Å². The summed E-state index contributed by atoms with van der Waals surface area (Å²) >= 11 is 11.9. The van der Waals surface area contributed by atoms with Crippen LogP contribution in [0.3, 0.4) is 0 Å². The number of hydrogen-bond donors (Lipinski definition) is 1. The Morgan fingerprint density at radius 1 is 1.15 bits per heavy atom. The first-order valence-electron chi connectivity index (χ1n) is 7.36. The highest BCUT2D eigenvalue weighted by Gasteiger charge is 2.18. The number of halogens is 4. The van der Waals surface area contributed by atoms with E-state index in [9.17, 15) is 18.4 Å². The Balaban J connectivity index is 1.99. The average Bonchev–Trinajstić information content (AvgIpc) is 2.57.